The Morgan fingerprint density at radius 3 is 2.62 bits per heavy atom. The summed E-state index contributed by atoms with van der Waals surface area (Å²) >= 11 is 6.14. The Labute approximate surface area is 132 Å². The van der Waals surface area contributed by atoms with Crippen LogP contribution in [0.25, 0.3) is 0 Å². The molecule has 1 aromatic rings. The molecule has 6 heteroatoms. The Hall–Kier alpha value is -0.880. The molecule has 0 aliphatic carbocycles. The highest BCUT2D eigenvalue weighted by atomic mass is 35.5. The SMILES string of the molecule is C=CCN(CC)S(=O)(=O)c1ccc(Cl)c(CNC(C)C)c1. The van der Waals surface area contributed by atoms with Crippen molar-refractivity contribution in [2.45, 2.75) is 38.3 Å². The topological polar surface area (TPSA) is 49.4 Å². The number of rotatable bonds is 8. The fourth-order valence-corrected chi connectivity index (χ4v) is 3.51. The summed E-state index contributed by atoms with van der Waals surface area (Å²) < 4.78 is 26.5. The molecule has 0 aromatic heterocycles. The second-order valence-corrected chi connectivity index (χ2v) is 7.38. The first-order valence-corrected chi connectivity index (χ1v) is 8.77. The van der Waals surface area contributed by atoms with Crippen LogP contribution in [-0.2, 0) is 16.6 Å². The number of nitrogens with one attached hydrogen (secondary N) is 1. The summed E-state index contributed by atoms with van der Waals surface area (Å²) in [5, 5.41) is 3.80. The van der Waals surface area contributed by atoms with Crippen molar-refractivity contribution in [2.75, 3.05) is 13.1 Å². The van der Waals surface area contributed by atoms with Crippen LogP contribution >= 0.6 is 11.6 Å². The maximum atomic E-state index is 12.6. The van der Waals surface area contributed by atoms with E-state index < -0.39 is 10.0 Å². The summed E-state index contributed by atoms with van der Waals surface area (Å²) in [6.45, 7) is 10.7. The van der Waals surface area contributed by atoms with E-state index in [1.54, 1.807) is 31.2 Å². The number of likely N-dealkylation sites (N-methyl/N-ethyl adjacent to an activating group) is 1. The van der Waals surface area contributed by atoms with Gasteiger partial charge in [0, 0.05) is 30.7 Å². The molecule has 1 aromatic carbocycles. The molecule has 4 nitrogen and oxygen atoms in total. The summed E-state index contributed by atoms with van der Waals surface area (Å²) in [6, 6.07) is 5.11. The number of nitrogens with zero attached hydrogens (tertiary/aromatic N) is 1. The molecule has 0 atom stereocenters. The van der Waals surface area contributed by atoms with E-state index in [4.69, 9.17) is 11.6 Å². The Kier molecular flexibility index (Phi) is 6.87. The summed E-state index contributed by atoms with van der Waals surface area (Å²) in [6.07, 6.45) is 1.58. The van der Waals surface area contributed by atoms with Gasteiger partial charge in [0.25, 0.3) is 0 Å². The highest BCUT2D eigenvalue weighted by molar-refractivity contribution is 7.89. The zero-order chi connectivity index (χ0) is 16.0. The normalized spacial score (nSPS) is 12.1. The quantitative estimate of drug-likeness (QED) is 0.745. The molecular weight excluding hydrogens is 308 g/mol. The molecule has 0 bridgehead atoms. The van der Waals surface area contributed by atoms with Crippen LogP contribution in [-0.4, -0.2) is 31.9 Å². The first kappa shape index (κ1) is 18.2. The van der Waals surface area contributed by atoms with E-state index in [1.165, 1.54) is 4.31 Å². The minimum absolute atomic E-state index is 0.260. The second kappa shape index (κ2) is 7.94. The van der Waals surface area contributed by atoms with Crippen molar-refractivity contribution in [3.05, 3.63) is 41.4 Å². The van der Waals surface area contributed by atoms with Crippen molar-refractivity contribution < 1.29 is 8.42 Å². The average Bonchev–Trinajstić information content (AvgIpc) is 2.43. The standard InChI is InChI=1S/C15H23ClN2O2S/c1-5-9-18(6-2)21(19,20)14-7-8-15(16)13(10-14)11-17-12(3)4/h5,7-8,10,12,17H,1,6,9,11H2,2-4H3. The van der Waals surface area contributed by atoms with Gasteiger partial charge in [0.05, 0.1) is 4.90 Å². The van der Waals surface area contributed by atoms with Crippen molar-refractivity contribution in [1.29, 1.82) is 0 Å². The third kappa shape index (κ3) is 4.81. The Balaban J connectivity index is 3.12. The number of hydrogen-bond donors (Lipinski definition) is 1. The third-order valence-electron chi connectivity index (χ3n) is 3.04. The lowest BCUT2D eigenvalue weighted by atomic mass is 10.2. The molecule has 0 spiro atoms. The van der Waals surface area contributed by atoms with Crippen LogP contribution in [0.2, 0.25) is 5.02 Å². The Morgan fingerprint density at radius 1 is 1.43 bits per heavy atom. The van der Waals surface area contributed by atoms with E-state index in [2.05, 4.69) is 11.9 Å². The maximum Gasteiger partial charge on any atom is 0.243 e. The van der Waals surface area contributed by atoms with Gasteiger partial charge in [-0.3, -0.25) is 0 Å². The number of benzene rings is 1. The van der Waals surface area contributed by atoms with Crippen molar-refractivity contribution >= 4 is 21.6 Å². The van der Waals surface area contributed by atoms with E-state index in [9.17, 15) is 8.42 Å². The predicted molar refractivity (Wildman–Crippen MR) is 88.1 cm³/mol. The molecular formula is C15H23ClN2O2S. The molecule has 0 amide bonds. The minimum atomic E-state index is -3.52. The minimum Gasteiger partial charge on any atom is -0.310 e. The molecule has 0 radical (unpaired) electrons. The largest absolute Gasteiger partial charge is 0.310 e. The number of sulfonamides is 1. The summed E-state index contributed by atoms with van der Waals surface area (Å²) in [4.78, 5) is 0.260. The van der Waals surface area contributed by atoms with Gasteiger partial charge in [-0.25, -0.2) is 8.42 Å². The van der Waals surface area contributed by atoms with Crippen LogP contribution in [0, 0.1) is 0 Å². The van der Waals surface area contributed by atoms with Gasteiger partial charge in [0.2, 0.25) is 10.0 Å². The summed E-state index contributed by atoms with van der Waals surface area (Å²) in [5.74, 6) is 0. The molecule has 0 heterocycles. The maximum absolute atomic E-state index is 12.6. The van der Waals surface area contributed by atoms with Gasteiger partial charge in [-0.15, -0.1) is 6.58 Å². The van der Waals surface area contributed by atoms with Crippen molar-refractivity contribution in [2.24, 2.45) is 0 Å². The third-order valence-corrected chi connectivity index (χ3v) is 5.35. The van der Waals surface area contributed by atoms with Crippen LogP contribution in [0.3, 0.4) is 0 Å². The van der Waals surface area contributed by atoms with Gasteiger partial charge in [-0.1, -0.05) is 38.4 Å². The highest BCUT2D eigenvalue weighted by Gasteiger charge is 2.22. The first-order valence-electron chi connectivity index (χ1n) is 6.95. The average molecular weight is 331 g/mol. The summed E-state index contributed by atoms with van der Waals surface area (Å²) in [5.41, 5.74) is 0.779. The first-order chi connectivity index (χ1) is 9.82. The zero-order valence-corrected chi connectivity index (χ0v) is 14.3. The van der Waals surface area contributed by atoms with Gasteiger partial charge in [0.1, 0.15) is 0 Å². The lowest BCUT2D eigenvalue weighted by molar-refractivity contribution is 0.459. The molecule has 118 valence electrons. The van der Waals surface area contributed by atoms with Gasteiger partial charge in [-0.2, -0.15) is 4.31 Å². The number of hydrogen-bond acceptors (Lipinski definition) is 3. The smallest absolute Gasteiger partial charge is 0.243 e. The molecule has 0 aliphatic rings. The van der Waals surface area contributed by atoms with Crippen LogP contribution in [0.5, 0.6) is 0 Å². The van der Waals surface area contributed by atoms with Crippen LogP contribution < -0.4 is 5.32 Å². The molecule has 1 N–H and O–H groups in total. The lowest BCUT2D eigenvalue weighted by Gasteiger charge is -2.19. The molecule has 0 aliphatic heterocycles. The van der Waals surface area contributed by atoms with E-state index >= 15 is 0 Å². The van der Waals surface area contributed by atoms with Gasteiger partial charge >= 0.3 is 0 Å². The lowest BCUT2D eigenvalue weighted by Crippen LogP contribution is -2.31. The van der Waals surface area contributed by atoms with Gasteiger partial charge < -0.3 is 5.32 Å². The zero-order valence-electron chi connectivity index (χ0n) is 12.8. The monoisotopic (exact) mass is 330 g/mol. The fraction of sp³-hybridized carbons (Fsp3) is 0.467. The Morgan fingerprint density at radius 2 is 2.10 bits per heavy atom. The van der Waals surface area contributed by atoms with Gasteiger partial charge in [0.15, 0.2) is 0 Å². The summed E-state index contributed by atoms with van der Waals surface area (Å²) in [7, 11) is -3.52. The van der Waals surface area contributed by atoms with Crippen molar-refractivity contribution in [1.82, 2.24) is 9.62 Å². The molecule has 0 unspecified atom stereocenters. The van der Waals surface area contributed by atoms with Crippen LogP contribution in [0.4, 0.5) is 0 Å². The molecule has 1 rings (SSSR count). The molecule has 0 saturated heterocycles. The fourth-order valence-electron chi connectivity index (χ4n) is 1.85. The van der Waals surface area contributed by atoms with E-state index in [0.717, 1.165) is 5.56 Å². The van der Waals surface area contributed by atoms with E-state index in [-0.39, 0.29) is 4.90 Å². The number of halogens is 1. The highest BCUT2D eigenvalue weighted by Crippen LogP contribution is 2.23. The van der Waals surface area contributed by atoms with Crippen LogP contribution in [0.1, 0.15) is 26.3 Å². The predicted octanol–water partition coefficient (Wildman–Crippen LogP) is 3.03. The van der Waals surface area contributed by atoms with Crippen molar-refractivity contribution in [3.8, 4) is 0 Å². The Bertz CT molecular complexity index is 585. The van der Waals surface area contributed by atoms with Crippen molar-refractivity contribution in [3.63, 3.8) is 0 Å². The van der Waals surface area contributed by atoms with E-state index in [1.807, 2.05) is 13.8 Å². The molecule has 0 fully saturated rings. The second-order valence-electron chi connectivity index (χ2n) is 5.03. The molecule has 0 saturated carbocycles. The molecule has 21 heavy (non-hydrogen) atoms. The van der Waals surface area contributed by atoms with Gasteiger partial charge in [-0.05, 0) is 23.8 Å². The van der Waals surface area contributed by atoms with Crippen LogP contribution in [0.15, 0.2) is 35.7 Å². The van der Waals surface area contributed by atoms with E-state index in [0.29, 0.717) is 30.7 Å².